The average Bonchev–Trinajstić information content (AvgIpc) is 3.40. The predicted octanol–water partition coefficient (Wildman–Crippen LogP) is 7.21. The highest BCUT2D eigenvalue weighted by Gasteiger charge is 2.42. The number of benzene rings is 2. The van der Waals surface area contributed by atoms with Gasteiger partial charge in [-0.05, 0) is 74.9 Å². The Labute approximate surface area is 474 Å². The molecule has 0 radical (unpaired) electrons. The van der Waals surface area contributed by atoms with Crippen LogP contribution in [0.4, 0.5) is 0 Å². The van der Waals surface area contributed by atoms with E-state index in [-0.39, 0.29) is 34.1 Å². The molecule has 0 bridgehead atoms. The van der Waals surface area contributed by atoms with Gasteiger partial charge in [-0.25, -0.2) is 13.1 Å². The monoisotopic (exact) mass is 1150 g/mol. The van der Waals surface area contributed by atoms with E-state index in [0.29, 0.717) is 110 Å². The molecule has 21 heteroatoms. The molecule has 0 aliphatic carbocycles. The van der Waals surface area contributed by atoms with Crippen molar-refractivity contribution in [1.29, 1.82) is 0 Å². The summed E-state index contributed by atoms with van der Waals surface area (Å²) < 4.78 is 62.0. The van der Waals surface area contributed by atoms with Crippen molar-refractivity contribution >= 4 is 61.0 Å². The summed E-state index contributed by atoms with van der Waals surface area (Å²) in [5.74, 6) is 0.887. The van der Waals surface area contributed by atoms with Crippen LogP contribution >= 0.6 is 21.6 Å². The van der Waals surface area contributed by atoms with E-state index < -0.39 is 44.9 Å². The zero-order chi connectivity index (χ0) is 58.2. The number of unbranched alkanes of at least 4 members (excludes halogenated alkanes) is 2. The van der Waals surface area contributed by atoms with Crippen LogP contribution in [0, 0.1) is 18.3 Å². The number of nitrogens with one attached hydrogen (secondary N) is 4. The number of likely N-dealkylation sites (N-methyl/N-ethyl adjacent to an activating group) is 2. The summed E-state index contributed by atoms with van der Waals surface area (Å²) in [7, 11) is 2.56. The van der Waals surface area contributed by atoms with Gasteiger partial charge in [0.2, 0.25) is 17.7 Å². The van der Waals surface area contributed by atoms with Gasteiger partial charge in [0.05, 0.1) is 83.0 Å². The first-order chi connectivity index (χ1) is 37.0. The Hall–Kier alpha value is -4.06. The Bertz CT molecular complexity index is 2220. The molecule has 4 N–H and O–H groups in total. The zero-order valence-electron chi connectivity index (χ0n) is 48.6. The number of carbonyl (C=O) groups is 5. The second-order valence-electron chi connectivity index (χ2n) is 20.9. The fourth-order valence-electron chi connectivity index (χ4n) is 7.92. The molecule has 18 nitrogen and oxygen atoms in total. The SMILES string of the molecule is CCC(=O)CCCCCNC(=O)CCSSCCOCCOCCOCCOCCOCCOc1ccc(C(C)(C)[C@H](NC)C(=O)N[C@H](C(=O)N(C)[C@H](/C=C(\C)C(=O)NS(=O)(=O)c2ccc(C)cc2)C(C)C)C(C)(C)C)cc1. The molecule has 0 saturated carbocycles. The molecule has 78 heavy (non-hydrogen) atoms. The first-order valence-corrected chi connectivity index (χ1v) is 31.1. The molecule has 4 amide bonds. The molecule has 2 aromatic carbocycles. The summed E-state index contributed by atoms with van der Waals surface area (Å²) in [6.45, 7) is 24.1. The maximum Gasteiger partial charge on any atom is 0.264 e. The van der Waals surface area contributed by atoms with Gasteiger partial charge < -0.3 is 49.3 Å². The third-order valence-electron chi connectivity index (χ3n) is 12.7. The van der Waals surface area contributed by atoms with Crippen LogP contribution in [0.25, 0.3) is 0 Å². The van der Waals surface area contributed by atoms with Gasteiger partial charge in [-0.3, -0.25) is 24.0 Å². The summed E-state index contributed by atoms with van der Waals surface area (Å²) >= 11 is 0. The van der Waals surface area contributed by atoms with E-state index in [4.69, 9.17) is 28.4 Å². The lowest BCUT2D eigenvalue weighted by Crippen LogP contribution is -2.61. The molecular formula is C57H93N5O13S3. The fraction of sp³-hybridized carbons (Fsp3) is 0.667. The van der Waals surface area contributed by atoms with Crippen molar-refractivity contribution in [2.45, 2.75) is 136 Å². The summed E-state index contributed by atoms with van der Waals surface area (Å²) in [5.41, 5.74) is 0.423. The molecule has 0 spiro atoms. The van der Waals surface area contributed by atoms with Crippen LogP contribution in [0.3, 0.4) is 0 Å². The molecule has 2 aromatic rings. The van der Waals surface area contributed by atoms with Crippen molar-refractivity contribution in [3.8, 4) is 5.75 Å². The number of Topliss-reactive ketones (excluding diaryl/α,β-unsaturated/α-hetero) is 1. The van der Waals surface area contributed by atoms with Crippen LogP contribution in [-0.2, 0) is 63.1 Å². The molecule has 0 aromatic heterocycles. The van der Waals surface area contributed by atoms with Crippen LogP contribution < -0.4 is 25.4 Å². The Morgan fingerprint density at radius 3 is 1.77 bits per heavy atom. The van der Waals surface area contributed by atoms with E-state index in [1.807, 2.05) is 86.6 Å². The maximum atomic E-state index is 14.4. The first kappa shape index (κ1) is 70.0. The van der Waals surface area contributed by atoms with E-state index in [2.05, 4.69) is 20.7 Å². The van der Waals surface area contributed by atoms with Crippen molar-refractivity contribution in [3.05, 3.63) is 71.3 Å². The smallest absolute Gasteiger partial charge is 0.264 e. The molecule has 0 aliphatic rings. The number of amides is 4. The predicted molar refractivity (Wildman–Crippen MR) is 311 cm³/mol. The van der Waals surface area contributed by atoms with E-state index in [9.17, 15) is 32.4 Å². The standard InChI is InChI=1S/C57H93N5O13S3/c1-13-46(63)17-15-14-16-27-59-50(64)26-39-76-77-40-38-74-35-34-72-31-30-70-28-29-71-32-33-73-36-37-75-47-22-20-45(21-23-47)57(9,10)51(58-11)54(66)60-52(56(6,7)8)55(67)62(12)49(42(2)3)41-44(5)53(65)61-78(68,69)48-24-18-43(4)19-25-48/h18-25,41-42,49,51-52,58H,13-17,26-40H2,1-12H3,(H,59,64)(H,60,66)(H,61,65)/b44-41+/t49-,51-,52-/m1/s1. The van der Waals surface area contributed by atoms with Gasteiger partial charge in [-0.1, -0.05) is 119 Å². The summed E-state index contributed by atoms with van der Waals surface area (Å²) in [4.78, 5) is 66.5. The Morgan fingerprint density at radius 1 is 0.705 bits per heavy atom. The maximum absolute atomic E-state index is 14.4. The quantitative estimate of drug-likeness (QED) is 0.0293. The van der Waals surface area contributed by atoms with Crippen LogP contribution in [0.15, 0.2) is 65.1 Å². The van der Waals surface area contributed by atoms with Gasteiger partial charge in [-0.15, -0.1) is 0 Å². The first-order valence-electron chi connectivity index (χ1n) is 27.2. The molecule has 2 rings (SSSR count). The number of carbonyl (C=O) groups excluding carboxylic acids is 5. The highest BCUT2D eigenvalue weighted by atomic mass is 33.1. The topological polar surface area (TPSA) is 226 Å². The van der Waals surface area contributed by atoms with Gasteiger partial charge in [0.25, 0.3) is 15.9 Å². The van der Waals surface area contributed by atoms with Crippen molar-refractivity contribution in [1.82, 2.24) is 25.6 Å². The summed E-state index contributed by atoms with van der Waals surface area (Å²) in [5, 5.41) is 9.16. The second kappa shape index (κ2) is 37.8. The molecule has 0 unspecified atom stereocenters. The largest absolute Gasteiger partial charge is 0.491 e. The van der Waals surface area contributed by atoms with Crippen LogP contribution in [0.2, 0.25) is 0 Å². The number of ketones is 1. The molecule has 442 valence electrons. The third kappa shape index (κ3) is 27.4. The average molecular weight is 1150 g/mol. The minimum atomic E-state index is -4.13. The van der Waals surface area contributed by atoms with E-state index >= 15 is 0 Å². The molecule has 0 fully saturated rings. The zero-order valence-corrected chi connectivity index (χ0v) is 51.1. The van der Waals surface area contributed by atoms with Crippen molar-refractivity contribution in [3.63, 3.8) is 0 Å². The lowest BCUT2D eigenvalue weighted by atomic mass is 9.76. The molecule has 0 heterocycles. The normalized spacial score (nSPS) is 13.4. The number of nitrogens with zero attached hydrogens (tertiary/aromatic N) is 1. The molecular weight excluding hydrogens is 1060 g/mol. The minimum absolute atomic E-state index is 0.0367. The molecule has 3 atom stereocenters. The highest BCUT2D eigenvalue weighted by Crippen LogP contribution is 2.31. The van der Waals surface area contributed by atoms with E-state index in [1.165, 1.54) is 24.0 Å². The van der Waals surface area contributed by atoms with Gasteiger partial charge in [0.1, 0.15) is 24.2 Å². The van der Waals surface area contributed by atoms with Crippen LogP contribution in [0.1, 0.15) is 112 Å². The number of rotatable bonds is 42. The second-order valence-corrected chi connectivity index (χ2v) is 25.3. The Morgan fingerprint density at radius 2 is 1.24 bits per heavy atom. The van der Waals surface area contributed by atoms with E-state index in [1.54, 1.807) is 53.9 Å². The van der Waals surface area contributed by atoms with Crippen LogP contribution in [0.5, 0.6) is 5.75 Å². The number of hydrogen-bond acceptors (Lipinski definition) is 16. The number of hydrogen-bond donors (Lipinski definition) is 4. The molecule has 0 aliphatic heterocycles. The van der Waals surface area contributed by atoms with Crippen LogP contribution in [-0.4, -0.2) is 166 Å². The van der Waals surface area contributed by atoms with Crippen molar-refractivity contribution < 1.29 is 60.8 Å². The number of sulfonamides is 1. The fourth-order valence-corrected chi connectivity index (χ4v) is 10.8. The lowest BCUT2D eigenvalue weighted by molar-refractivity contribution is -0.141. The third-order valence-corrected chi connectivity index (χ3v) is 16.4. The Balaban J connectivity index is 1.66. The Kier molecular flexibility index (Phi) is 33.9. The van der Waals surface area contributed by atoms with Gasteiger partial charge in [0, 0.05) is 55.3 Å². The summed E-state index contributed by atoms with van der Waals surface area (Å²) in [6.07, 6.45) is 6.07. The number of ether oxygens (including phenoxy) is 6. The summed E-state index contributed by atoms with van der Waals surface area (Å²) in [6, 6.07) is 11.4. The number of aryl methyl sites for hydroxylation is 1. The van der Waals surface area contributed by atoms with Gasteiger partial charge >= 0.3 is 0 Å². The molecule has 0 saturated heterocycles. The minimum Gasteiger partial charge on any atom is -0.491 e. The van der Waals surface area contributed by atoms with Gasteiger partial charge in [-0.2, -0.15) is 0 Å². The van der Waals surface area contributed by atoms with Gasteiger partial charge in [0.15, 0.2) is 0 Å². The highest BCUT2D eigenvalue weighted by molar-refractivity contribution is 8.76. The van der Waals surface area contributed by atoms with Crippen molar-refractivity contribution in [2.75, 3.05) is 105 Å². The lowest BCUT2D eigenvalue weighted by Gasteiger charge is -2.40. The van der Waals surface area contributed by atoms with Crippen molar-refractivity contribution in [2.24, 2.45) is 11.3 Å². The van der Waals surface area contributed by atoms with E-state index in [0.717, 1.165) is 41.9 Å².